The number of carbonyl (C=O) groups excluding carboxylic acids is 1. The third-order valence-corrected chi connectivity index (χ3v) is 3.36. The lowest BCUT2D eigenvalue weighted by Gasteiger charge is -2.21. The summed E-state index contributed by atoms with van der Waals surface area (Å²) in [5, 5.41) is 0. The Hall–Kier alpha value is -1.17. The monoisotopic (exact) mass is 308 g/mol. The number of ether oxygens (including phenoxy) is 1. The van der Waals surface area contributed by atoms with Crippen LogP contribution in [0.3, 0.4) is 0 Å². The fraction of sp³-hybridized carbons (Fsp3) is 0.500. The Morgan fingerprint density at radius 1 is 1.30 bits per heavy atom. The molecule has 0 aliphatic rings. The Morgan fingerprint density at radius 2 is 1.90 bits per heavy atom. The van der Waals surface area contributed by atoms with Gasteiger partial charge in [0.15, 0.2) is 0 Å². The van der Waals surface area contributed by atoms with Gasteiger partial charge in [-0.1, -0.05) is 12.1 Å². The molecule has 6 heteroatoms. The lowest BCUT2D eigenvalue weighted by Crippen LogP contribution is -2.29. The van der Waals surface area contributed by atoms with Crippen molar-refractivity contribution < 1.29 is 22.7 Å². The summed E-state index contributed by atoms with van der Waals surface area (Å²) < 4.78 is 36.1. The zero-order valence-electron chi connectivity index (χ0n) is 11.8. The molecule has 2 nitrogen and oxygen atoms in total. The van der Waals surface area contributed by atoms with Gasteiger partial charge in [0.2, 0.25) is 6.93 Å². The summed E-state index contributed by atoms with van der Waals surface area (Å²) in [6.45, 7) is 3.51. The molecule has 1 aromatic carbocycles. The van der Waals surface area contributed by atoms with Crippen molar-refractivity contribution in [2.24, 2.45) is 0 Å². The predicted molar refractivity (Wildman–Crippen MR) is 74.9 cm³/mol. The fourth-order valence-electron chi connectivity index (χ4n) is 1.33. The van der Waals surface area contributed by atoms with Crippen molar-refractivity contribution in [2.75, 3.05) is 13.5 Å². The molecule has 0 fully saturated rings. The molecule has 20 heavy (non-hydrogen) atoms. The van der Waals surface area contributed by atoms with Crippen molar-refractivity contribution >= 4 is 17.7 Å². The number of esters is 1. The van der Waals surface area contributed by atoms with Gasteiger partial charge in [-0.15, -0.1) is 11.8 Å². The Balaban J connectivity index is 0.00000110. The summed E-state index contributed by atoms with van der Waals surface area (Å²) in [4.78, 5) is 12.6. The summed E-state index contributed by atoms with van der Waals surface area (Å²) in [5.74, 6) is -0.254. The summed E-state index contributed by atoms with van der Waals surface area (Å²) in [6, 6.07) is 7.14. The number of carbonyl (C=O) groups is 1. The van der Waals surface area contributed by atoms with E-state index in [1.807, 2.05) is 6.07 Å². The Morgan fingerprint density at radius 3 is 2.40 bits per heavy atom. The average Bonchev–Trinajstić information content (AvgIpc) is 2.39. The molecule has 0 radical (unpaired) electrons. The molecule has 0 spiro atoms. The largest absolute Gasteiger partial charge is 0.465 e. The minimum absolute atomic E-state index is 0.254. The maximum atomic E-state index is 12.5. The van der Waals surface area contributed by atoms with E-state index in [2.05, 4.69) is 0 Å². The molecule has 0 aliphatic heterocycles. The van der Waals surface area contributed by atoms with E-state index >= 15 is 0 Å². The summed E-state index contributed by atoms with van der Waals surface area (Å²) >= 11 is 1.38. The van der Waals surface area contributed by atoms with Crippen LogP contribution in [0.15, 0.2) is 29.2 Å². The first-order valence-corrected chi connectivity index (χ1v) is 6.86. The molecule has 114 valence electrons. The van der Waals surface area contributed by atoms with Gasteiger partial charge < -0.3 is 4.74 Å². The van der Waals surface area contributed by atoms with Crippen LogP contribution < -0.4 is 0 Å². The Bertz CT molecular complexity index is 411. The van der Waals surface area contributed by atoms with Crippen molar-refractivity contribution in [2.45, 2.75) is 37.1 Å². The second kappa shape index (κ2) is 9.69. The standard InChI is InChI=1S/C13H17FO2S.CH2F2/c1-4-16-12(15)13(2,3)17-11-7-5-6-10(8-11)9-14;2-1-3/h5-8H,4,9H2,1-3H3;1H2. The summed E-state index contributed by atoms with van der Waals surface area (Å²) in [5.41, 5.74) is 0.620. The molecular weight excluding hydrogens is 289 g/mol. The van der Waals surface area contributed by atoms with Crippen LogP contribution >= 0.6 is 11.8 Å². The number of halogens is 3. The van der Waals surface area contributed by atoms with E-state index in [1.54, 1.807) is 39.0 Å². The molecule has 0 saturated heterocycles. The van der Waals surface area contributed by atoms with Gasteiger partial charge in [-0.05, 0) is 38.5 Å². The van der Waals surface area contributed by atoms with Gasteiger partial charge in [-0.25, -0.2) is 13.2 Å². The third kappa shape index (κ3) is 6.84. The average molecular weight is 308 g/mol. The van der Waals surface area contributed by atoms with Crippen LogP contribution in [0.5, 0.6) is 0 Å². The van der Waals surface area contributed by atoms with Crippen LogP contribution in [0.4, 0.5) is 13.2 Å². The first-order chi connectivity index (χ1) is 9.41. The zero-order valence-corrected chi connectivity index (χ0v) is 12.6. The minimum Gasteiger partial charge on any atom is -0.465 e. The fourth-order valence-corrected chi connectivity index (χ4v) is 2.42. The lowest BCUT2D eigenvalue weighted by molar-refractivity contribution is -0.145. The van der Waals surface area contributed by atoms with Crippen LogP contribution in [-0.4, -0.2) is 24.3 Å². The predicted octanol–water partition coefficient (Wildman–Crippen LogP) is 4.47. The SMILES string of the molecule is CCOC(=O)C(C)(C)Sc1cccc(CF)c1.FCF. The molecule has 0 N–H and O–H groups in total. The number of hydrogen-bond acceptors (Lipinski definition) is 3. The van der Waals surface area contributed by atoms with Crippen molar-refractivity contribution in [1.29, 1.82) is 0 Å². The highest BCUT2D eigenvalue weighted by molar-refractivity contribution is 8.01. The van der Waals surface area contributed by atoms with Gasteiger partial charge in [0.1, 0.15) is 11.4 Å². The van der Waals surface area contributed by atoms with Crippen LogP contribution in [0.2, 0.25) is 0 Å². The number of rotatable bonds is 5. The van der Waals surface area contributed by atoms with E-state index in [4.69, 9.17) is 4.74 Å². The van der Waals surface area contributed by atoms with Crippen LogP contribution in [0.1, 0.15) is 26.3 Å². The molecule has 0 saturated carbocycles. The molecular formula is C14H19F3O2S. The topological polar surface area (TPSA) is 26.3 Å². The second-order valence-electron chi connectivity index (χ2n) is 4.21. The van der Waals surface area contributed by atoms with E-state index in [1.165, 1.54) is 11.8 Å². The van der Waals surface area contributed by atoms with Crippen molar-refractivity contribution in [1.82, 2.24) is 0 Å². The number of hydrogen-bond donors (Lipinski definition) is 0. The Labute approximate surface area is 121 Å². The van der Waals surface area contributed by atoms with Gasteiger partial charge in [0.05, 0.1) is 6.61 Å². The second-order valence-corrected chi connectivity index (χ2v) is 5.91. The van der Waals surface area contributed by atoms with E-state index in [0.29, 0.717) is 12.2 Å². The quantitative estimate of drug-likeness (QED) is 0.593. The smallest absolute Gasteiger partial charge is 0.321 e. The van der Waals surface area contributed by atoms with Crippen LogP contribution in [0, 0.1) is 0 Å². The molecule has 0 aromatic heterocycles. The third-order valence-electron chi connectivity index (χ3n) is 2.19. The molecule has 0 heterocycles. The van der Waals surface area contributed by atoms with E-state index in [9.17, 15) is 18.0 Å². The summed E-state index contributed by atoms with van der Waals surface area (Å²) in [6.07, 6.45) is 0. The zero-order chi connectivity index (χ0) is 15.6. The van der Waals surface area contributed by atoms with Crippen LogP contribution in [-0.2, 0) is 16.2 Å². The highest BCUT2D eigenvalue weighted by Crippen LogP contribution is 2.33. The first-order valence-electron chi connectivity index (χ1n) is 6.04. The molecule has 1 rings (SSSR count). The number of alkyl halides is 3. The number of benzene rings is 1. The van der Waals surface area contributed by atoms with Crippen molar-refractivity contribution in [3.05, 3.63) is 29.8 Å². The molecule has 0 amide bonds. The minimum atomic E-state index is -1.75. The molecule has 1 aromatic rings. The van der Waals surface area contributed by atoms with Crippen LogP contribution in [0.25, 0.3) is 0 Å². The first kappa shape index (κ1) is 18.8. The summed E-state index contributed by atoms with van der Waals surface area (Å²) in [7, 11) is 0. The highest BCUT2D eigenvalue weighted by Gasteiger charge is 2.30. The highest BCUT2D eigenvalue weighted by atomic mass is 32.2. The van der Waals surface area contributed by atoms with E-state index in [0.717, 1.165) is 4.90 Å². The molecule has 0 unspecified atom stereocenters. The van der Waals surface area contributed by atoms with E-state index in [-0.39, 0.29) is 5.97 Å². The van der Waals surface area contributed by atoms with Crippen molar-refractivity contribution in [3.63, 3.8) is 0 Å². The molecule has 0 atom stereocenters. The molecule has 0 bridgehead atoms. The molecule has 0 aliphatic carbocycles. The van der Waals surface area contributed by atoms with Gasteiger partial charge in [0, 0.05) is 4.90 Å². The van der Waals surface area contributed by atoms with Gasteiger partial charge >= 0.3 is 5.97 Å². The number of thioether (sulfide) groups is 1. The van der Waals surface area contributed by atoms with Gasteiger partial charge in [-0.2, -0.15) is 0 Å². The maximum Gasteiger partial charge on any atom is 0.321 e. The van der Waals surface area contributed by atoms with Crippen molar-refractivity contribution in [3.8, 4) is 0 Å². The Kier molecular flexibility index (Phi) is 9.12. The maximum absolute atomic E-state index is 12.5. The normalized spacial score (nSPS) is 10.5. The van der Waals surface area contributed by atoms with Gasteiger partial charge in [-0.3, -0.25) is 4.79 Å². The van der Waals surface area contributed by atoms with Gasteiger partial charge in [0.25, 0.3) is 0 Å². The van der Waals surface area contributed by atoms with E-state index < -0.39 is 18.3 Å². The lowest BCUT2D eigenvalue weighted by atomic mass is 10.2.